The van der Waals surface area contributed by atoms with Crippen molar-refractivity contribution in [1.82, 2.24) is 4.57 Å². The number of hydrogen-bond donors (Lipinski definition) is 0. The highest BCUT2D eigenvalue weighted by molar-refractivity contribution is 6.35. The summed E-state index contributed by atoms with van der Waals surface area (Å²) in [5, 5.41) is 0.629. The number of aldehydes is 1. The van der Waals surface area contributed by atoms with Gasteiger partial charge in [0.05, 0.1) is 0 Å². The molecule has 0 aliphatic carbocycles. The number of rotatable bonds is 6. The van der Waals surface area contributed by atoms with E-state index in [0.29, 0.717) is 23.5 Å². The minimum Gasteiger partial charge on any atom is -0.339 e. The second-order valence-corrected chi connectivity index (χ2v) is 7.17. The van der Waals surface area contributed by atoms with E-state index in [2.05, 4.69) is 0 Å². The van der Waals surface area contributed by atoms with Crippen molar-refractivity contribution in [1.29, 1.82) is 0 Å². The molecule has 1 aromatic heterocycles. The topological polar surface area (TPSA) is 39.1 Å². The maximum Gasteiger partial charge on any atom is 0.242 e. The van der Waals surface area contributed by atoms with Gasteiger partial charge in [0.2, 0.25) is 5.78 Å². The predicted octanol–water partition coefficient (Wildman–Crippen LogP) is 5.91. The lowest BCUT2D eigenvalue weighted by Crippen LogP contribution is -2.11. The van der Waals surface area contributed by atoms with Crippen LogP contribution in [0.15, 0.2) is 91.1 Å². The lowest BCUT2D eigenvalue weighted by atomic mass is 9.96. The molecule has 0 radical (unpaired) electrons. The maximum absolute atomic E-state index is 12.7. The Hall–Kier alpha value is -3.43. The number of halogens is 1. The van der Waals surface area contributed by atoms with Gasteiger partial charge in [-0.1, -0.05) is 84.4 Å². The number of benzene rings is 3. The lowest BCUT2D eigenvalue weighted by molar-refractivity contribution is -0.104. The fraction of sp³-hybridized carbons (Fsp3) is 0.0400. The molecule has 0 atom stereocenters. The molecule has 3 aromatic carbocycles. The minimum atomic E-state index is -0.548. The summed E-state index contributed by atoms with van der Waals surface area (Å²) in [5.41, 5.74) is 4.87. The first kappa shape index (κ1) is 18.9. The third-order valence-electron chi connectivity index (χ3n) is 4.81. The Labute approximate surface area is 174 Å². The second kappa shape index (κ2) is 8.29. The van der Waals surface area contributed by atoms with Gasteiger partial charge in [0, 0.05) is 28.9 Å². The van der Waals surface area contributed by atoms with E-state index < -0.39 is 5.78 Å². The third kappa shape index (κ3) is 3.91. The molecule has 4 aromatic rings. The first-order valence-electron chi connectivity index (χ1n) is 9.25. The van der Waals surface area contributed by atoms with Gasteiger partial charge < -0.3 is 4.57 Å². The summed E-state index contributed by atoms with van der Waals surface area (Å²) >= 11 is 6.14. The number of carbonyl (C=O) groups is 2. The van der Waals surface area contributed by atoms with Crippen LogP contribution >= 0.6 is 11.6 Å². The van der Waals surface area contributed by atoms with E-state index in [-0.39, 0.29) is 0 Å². The van der Waals surface area contributed by atoms with E-state index in [1.165, 1.54) is 0 Å². The van der Waals surface area contributed by atoms with E-state index in [1.54, 1.807) is 0 Å². The summed E-state index contributed by atoms with van der Waals surface area (Å²) in [5.74, 6) is -0.548. The quantitative estimate of drug-likeness (QED) is 0.230. The zero-order chi connectivity index (χ0) is 20.2. The van der Waals surface area contributed by atoms with Crippen molar-refractivity contribution in [3.8, 4) is 22.3 Å². The van der Waals surface area contributed by atoms with E-state index in [1.807, 2.05) is 95.7 Å². The Bertz CT molecular complexity index is 1160. The highest BCUT2D eigenvalue weighted by atomic mass is 35.5. The van der Waals surface area contributed by atoms with E-state index in [0.717, 1.165) is 27.8 Å². The van der Waals surface area contributed by atoms with Crippen LogP contribution in [0.4, 0.5) is 0 Å². The molecule has 0 amide bonds. The molecule has 0 saturated carbocycles. The molecule has 0 N–H and O–H groups in total. The number of ketones is 1. The van der Waals surface area contributed by atoms with Crippen LogP contribution in [0.5, 0.6) is 0 Å². The average molecular weight is 400 g/mol. The second-order valence-electron chi connectivity index (χ2n) is 6.74. The molecule has 0 unspecified atom stereocenters. The number of carbonyl (C=O) groups excluding carboxylic acids is 2. The summed E-state index contributed by atoms with van der Waals surface area (Å²) in [7, 11) is 0. The molecule has 29 heavy (non-hydrogen) atoms. The van der Waals surface area contributed by atoms with Gasteiger partial charge in [-0.3, -0.25) is 9.59 Å². The smallest absolute Gasteiger partial charge is 0.242 e. The van der Waals surface area contributed by atoms with Gasteiger partial charge in [0.25, 0.3) is 0 Å². The van der Waals surface area contributed by atoms with Crippen molar-refractivity contribution in [2.75, 3.05) is 0 Å². The summed E-state index contributed by atoms with van der Waals surface area (Å²) in [6.45, 7) is 0.433. The van der Waals surface area contributed by atoms with Crippen LogP contribution in [0.25, 0.3) is 22.3 Å². The summed E-state index contributed by atoms with van der Waals surface area (Å²) in [6.07, 6.45) is 2.32. The van der Waals surface area contributed by atoms with Crippen LogP contribution in [0.2, 0.25) is 5.02 Å². The van der Waals surface area contributed by atoms with Crippen molar-refractivity contribution in [2.24, 2.45) is 0 Å². The number of nitrogens with zero attached hydrogens (tertiary/aromatic N) is 1. The van der Waals surface area contributed by atoms with Crippen LogP contribution < -0.4 is 0 Å². The van der Waals surface area contributed by atoms with E-state index in [9.17, 15) is 9.59 Å². The molecule has 3 nitrogen and oxygen atoms in total. The Kier molecular flexibility index (Phi) is 5.41. The van der Waals surface area contributed by atoms with Gasteiger partial charge in [0.15, 0.2) is 6.29 Å². The van der Waals surface area contributed by atoms with Gasteiger partial charge in [-0.2, -0.15) is 0 Å². The normalized spacial score (nSPS) is 10.7. The number of hydrogen-bond acceptors (Lipinski definition) is 2. The summed E-state index contributed by atoms with van der Waals surface area (Å²) < 4.78 is 1.84. The van der Waals surface area contributed by atoms with Crippen molar-refractivity contribution in [2.45, 2.75) is 6.54 Å². The molecule has 0 fully saturated rings. The van der Waals surface area contributed by atoms with E-state index in [4.69, 9.17) is 11.6 Å². The standard InChI is InChI=1S/C25H18ClNO2/c26-21-13-7-8-18(14-21)15-27-16-22(19-9-3-1-4-10-19)24(25(27)23(29)17-28)20-11-5-2-6-12-20/h1-14,16-17H,15H2. The van der Waals surface area contributed by atoms with Crippen LogP contribution in [-0.4, -0.2) is 16.6 Å². The average Bonchev–Trinajstić information content (AvgIpc) is 3.13. The van der Waals surface area contributed by atoms with Crippen molar-refractivity contribution < 1.29 is 9.59 Å². The summed E-state index contributed by atoms with van der Waals surface area (Å²) in [4.78, 5) is 24.2. The molecule has 0 aliphatic rings. The van der Waals surface area contributed by atoms with Crippen molar-refractivity contribution in [3.05, 3.63) is 107 Å². The fourth-order valence-electron chi connectivity index (χ4n) is 3.57. The Morgan fingerprint density at radius 3 is 2.14 bits per heavy atom. The Morgan fingerprint density at radius 2 is 1.52 bits per heavy atom. The molecule has 0 bridgehead atoms. The molecular formula is C25H18ClNO2. The predicted molar refractivity (Wildman–Crippen MR) is 116 cm³/mol. The molecule has 1 heterocycles. The van der Waals surface area contributed by atoms with Crippen LogP contribution in [0.3, 0.4) is 0 Å². The molecule has 0 aliphatic heterocycles. The van der Waals surface area contributed by atoms with Gasteiger partial charge in [0.1, 0.15) is 5.69 Å². The summed E-state index contributed by atoms with van der Waals surface area (Å²) in [6, 6.07) is 27.0. The first-order valence-corrected chi connectivity index (χ1v) is 9.63. The van der Waals surface area contributed by atoms with Crippen molar-refractivity contribution in [3.63, 3.8) is 0 Å². The molecular weight excluding hydrogens is 382 g/mol. The lowest BCUT2D eigenvalue weighted by Gasteiger charge is -2.10. The minimum absolute atomic E-state index is 0.380. The third-order valence-corrected chi connectivity index (χ3v) is 5.04. The number of Topliss-reactive ketones (excluding diaryl/α,β-unsaturated/α-hetero) is 1. The fourth-order valence-corrected chi connectivity index (χ4v) is 3.78. The molecule has 4 rings (SSSR count). The number of aromatic nitrogens is 1. The van der Waals surface area contributed by atoms with Gasteiger partial charge in [-0.25, -0.2) is 0 Å². The van der Waals surface area contributed by atoms with Gasteiger partial charge in [-0.15, -0.1) is 0 Å². The highest BCUT2D eigenvalue weighted by Gasteiger charge is 2.23. The Morgan fingerprint density at radius 1 is 0.862 bits per heavy atom. The first-order chi connectivity index (χ1) is 14.2. The molecule has 4 heteroatoms. The Balaban J connectivity index is 1.97. The SMILES string of the molecule is O=CC(=O)c1c(-c2ccccc2)c(-c2ccccc2)cn1Cc1cccc(Cl)c1. The van der Waals surface area contributed by atoms with E-state index >= 15 is 0 Å². The molecule has 142 valence electrons. The van der Waals surface area contributed by atoms with Crippen LogP contribution in [0.1, 0.15) is 16.1 Å². The monoisotopic (exact) mass is 399 g/mol. The molecule has 0 spiro atoms. The van der Waals surface area contributed by atoms with Gasteiger partial charge >= 0.3 is 0 Å². The highest BCUT2D eigenvalue weighted by Crippen LogP contribution is 2.37. The largest absolute Gasteiger partial charge is 0.339 e. The van der Waals surface area contributed by atoms with Crippen LogP contribution in [0, 0.1) is 0 Å². The zero-order valence-electron chi connectivity index (χ0n) is 15.6. The maximum atomic E-state index is 12.7. The molecule has 0 saturated heterocycles. The zero-order valence-corrected chi connectivity index (χ0v) is 16.3. The van der Waals surface area contributed by atoms with Gasteiger partial charge in [-0.05, 0) is 28.8 Å². The van der Waals surface area contributed by atoms with Crippen molar-refractivity contribution >= 4 is 23.7 Å². The van der Waals surface area contributed by atoms with Crippen LogP contribution in [-0.2, 0) is 11.3 Å².